The largest absolute Gasteiger partial charge is 0.294 e. The summed E-state index contributed by atoms with van der Waals surface area (Å²) < 4.78 is 14.0. The van der Waals surface area contributed by atoms with Crippen molar-refractivity contribution >= 4 is 21.7 Å². The fourth-order valence-corrected chi connectivity index (χ4v) is 2.58. The van der Waals surface area contributed by atoms with Crippen molar-refractivity contribution < 1.29 is 9.18 Å². The Morgan fingerprint density at radius 1 is 1.16 bits per heavy atom. The zero-order valence-corrected chi connectivity index (χ0v) is 12.4. The van der Waals surface area contributed by atoms with Gasteiger partial charge in [0.05, 0.1) is 0 Å². The lowest BCUT2D eigenvalue weighted by Crippen LogP contribution is -2.08. The second-order valence-electron chi connectivity index (χ2n) is 4.60. The number of Topliss-reactive ketones (excluding diaryl/α,β-unsaturated/α-hetero) is 1. The van der Waals surface area contributed by atoms with E-state index in [9.17, 15) is 9.18 Å². The van der Waals surface area contributed by atoms with Gasteiger partial charge in [0, 0.05) is 16.5 Å². The lowest BCUT2D eigenvalue weighted by Gasteiger charge is -2.09. The van der Waals surface area contributed by atoms with Gasteiger partial charge in [-0.05, 0) is 48.7 Å². The molecule has 0 aromatic heterocycles. The average molecular weight is 321 g/mol. The molecule has 1 nitrogen and oxygen atoms in total. The van der Waals surface area contributed by atoms with Crippen molar-refractivity contribution in [2.24, 2.45) is 0 Å². The monoisotopic (exact) mass is 320 g/mol. The zero-order valence-electron chi connectivity index (χ0n) is 10.8. The van der Waals surface area contributed by atoms with Gasteiger partial charge in [-0.3, -0.25) is 4.79 Å². The maximum Gasteiger partial charge on any atom is 0.167 e. The SMILES string of the molecule is Cc1cccc(C)c1C(=O)Cc1cc(F)ccc1Br. The van der Waals surface area contributed by atoms with Crippen LogP contribution in [0, 0.1) is 19.7 Å². The Hall–Kier alpha value is -1.48. The van der Waals surface area contributed by atoms with Crippen LogP contribution in [0.1, 0.15) is 27.0 Å². The summed E-state index contributed by atoms with van der Waals surface area (Å²) in [4.78, 5) is 12.4. The van der Waals surface area contributed by atoms with E-state index in [2.05, 4.69) is 15.9 Å². The molecule has 0 N–H and O–H groups in total. The predicted molar refractivity (Wildman–Crippen MR) is 78.1 cm³/mol. The van der Waals surface area contributed by atoms with Gasteiger partial charge < -0.3 is 0 Å². The normalized spacial score (nSPS) is 10.5. The molecule has 0 heterocycles. The molecule has 0 radical (unpaired) electrons. The summed E-state index contributed by atoms with van der Waals surface area (Å²) >= 11 is 3.35. The summed E-state index contributed by atoms with van der Waals surface area (Å²) in [5.74, 6) is -0.311. The average Bonchev–Trinajstić information content (AvgIpc) is 2.33. The third-order valence-electron chi connectivity index (χ3n) is 3.12. The summed E-state index contributed by atoms with van der Waals surface area (Å²) in [7, 11) is 0. The van der Waals surface area contributed by atoms with Crippen molar-refractivity contribution in [3.05, 3.63) is 68.9 Å². The highest BCUT2D eigenvalue weighted by atomic mass is 79.9. The first kappa shape index (κ1) is 13.9. The van der Waals surface area contributed by atoms with Crippen LogP contribution in [0.4, 0.5) is 4.39 Å². The zero-order chi connectivity index (χ0) is 14.0. The lowest BCUT2D eigenvalue weighted by molar-refractivity contribution is 0.0991. The van der Waals surface area contributed by atoms with E-state index in [1.165, 1.54) is 12.1 Å². The number of rotatable bonds is 3. The Kier molecular flexibility index (Phi) is 4.15. The van der Waals surface area contributed by atoms with E-state index in [4.69, 9.17) is 0 Å². The van der Waals surface area contributed by atoms with Gasteiger partial charge in [0.1, 0.15) is 5.82 Å². The van der Waals surface area contributed by atoms with Gasteiger partial charge in [-0.15, -0.1) is 0 Å². The lowest BCUT2D eigenvalue weighted by atomic mass is 9.95. The van der Waals surface area contributed by atoms with Crippen molar-refractivity contribution in [2.45, 2.75) is 20.3 Å². The molecule has 0 spiro atoms. The fraction of sp³-hybridized carbons (Fsp3) is 0.188. The highest BCUT2D eigenvalue weighted by Crippen LogP contribution is 2.22. The molecule has 2 rings (SSSR count). The molecule has 2 aromatic carbocycles. The maximum absolute atomic E-state index is 13.2. The molecule has 3 heteroatoms. The van der Waals surface area contributed by atoms with Crippen LogP contribution in [-0.4, -0.2) is 5.78 Å². The van der Waals surface area contributed by atoms with Crippen LogP contribution in [0.15, 0.2) is 40.9 Å². The standard InChI is InChI=1S/C16H14BrFO/c1-10-4-3-5-11(2)16(10)15(19)9-12-8-13(18)6-7-14(12)17/h3-8H,9H2,1-2H3. The number of aryl methyl sites for hydroxylation is 2. The molecular weight excluding hydrogens is 307 g/mol. The molecule has 0 saturated carbocycles. The molecule has 0 fully saturated rings. The maximum atomic E-state index is 13.2. The first-order valence-corrected chi connectivity index (χ1v) is 6.81. The third-order valence-corrected chi connectivity index (χ3v) is 3.89. The minimum absolute atomic E-state index is 0.0156. The van der Waals surface area contributed by atoms with Gasteiger partial charge in [-0.25, -0.2) is 4.39 Å². The molecule has 0 saturated heterocycles. The molecule has 0 aliphatic rings. The Morgan fingerprint density at radius 2 is 1.79 bits per heavy atom. The van der Waals surface area contributed by atoms with Crippen molar-refractivity contribution in [3.63, 3.8) is 0 Å². The number of hydrogen-bond acceptors (Lipinski definition) is 1. The molecule has 0 bridgehead atoms. The van der Waals surface area contributed by atoms with Crippen LogP contribution in [0.5, 0.6) is 0 Å². The third kappa shape index (κ3) is 3.10. The van der Waals surface area contributed by atoms with Crippen LogP contribution < -0.4 is 0 Å². The van der Waals surface area contributed by atoms with Crippen LogP contribution in [-0.2, 0) is 6.42 Å². The van der Waals surface area contributed by atoms with Gasteiger partial charge in [0.2, 0.25) is 0 Å². The van der Waals surface area contributed by atoms with Crippen LogP contribution in [0.3, 0.4) is 0 Å². The number of hydrogen-bond donors (Lipinski definition) is 0. The van der Waals surface area contributed by atoms with Gasteiger partial charge in [-0.1, -0.05) is 34.1 Å². The predicted octanol–water partition coefficient (Wildman–Crippen LogP) is 4.63. The topological polar surface area (TPSA) is 17.1 Å². The Bertz CT molecular complexity index is 614. The van der Waals surface area contributed by atoms with Crippen molar-refractivity contribution in [1.82, 2.24) is 0 Å². The van der Waals surface area contributed by atoms with Crippen molar-refractivity contribution in [3.8, 4) is 0 Å². The van der Waals surface area contributed by atoms with E-state index in [-0.39, 0.29) is 18.0 Å². The van der Waals surface area contributed by atoms with E-state index in [0.29, 0.717) is 5.56 Å². The summed E-state index contributed by atoms with van der Waals surface area (Å²) in [6.07, 6.45) is 0.198. The highest BCUT2D eigenvalue weighted by molar-refractivity contribution is 9.10. The van der Waals surface area contributed by atoms with E-state index in [1.807, 2.05) is 32.0 Å². The number of carbonyl (C=O) groups excluding carboxylic acids is 1. The Morgan fingerprint density at radius 3 is 2.42 bits per heavy atom. The first-order chi connectivity index (χ1) is 8.99. The van der Waals surface area contributed by atoms with E-state index in [1.54, 1.807) is 6.07 Å². The summed E-state index contributed by atoms with van der Waals surface area (Å²) in [6, 6.07) is 10.2. The summed E-state index contributed by atoms with van der Waals surface area (Å²) in [5, 5.41) is 0. The molecule has 98 valence electrons. The number of halogens is 2. The van der Waals surface area contributed by atoms with Crippen molar-refractivity contribution in [1.29, 1.82) is 0 Å². The van der Waals surface area contributed by atoms with Crippen LogP contribution >= 0.6 is 15.9 Å². The van der Waals surface area contributed by atoms with Crippen LogP contribution in [0.2, 0.25) is 0 Å². The molecule has 0 aliphatic carbocycles. The van der Waals surface area contributed by atoms with Gasteiger partial charge in [-0.2, -0.15) is 0 Å². The second kappa shape index (κ2) is 5.66. The van der Waals surface area contributed by atoms with Gasteiger partial charge in [0.15, 0.2) is 5.78 Å². The molecule has 19 heavy (non-hydrogen) atoms. The molecular formula is C16H14BrFO. The van der Waals surface area contributed by atoms with Gasteiger partial charge in [0.25, 0.3) is 0 Å². The second-order valence-corrected chi connectivity index (χ2v) is 5.46. The minimum Gasteiger partial charge on any atom is -0.294 e. The Labute approximate surface area is 120 Å². The number of ketones is 1. The van der Waals surface area contributed by atoms with E-state index < -0.39 is 0 Å². The fourth-order valence-electron chi connectivity index (χ4n) is 2.19. The molecule has 0 unspecified atom stereocenters. The smallest absolute Gasteiger partial charge is 0.167 e. The van der Waals surface area contributed by atoms with Crippen molar-refractivity contribution in [2.75, 3.05) is 0 Å². The molecule has 2 aromatic rings. The summed E-state index contributed by atoms with van der Waals surface area (Å²) in [5.41, 5.74) is 3.32. The number of carbonyl (C=O) groups is 1. The van der Waals surface area contributed by atoms with E-state index in [0.717, 1.165) is 21.2 Å². The molecule has 0 atom stereocenters. The minimum atomic E-state index is -0.326. The van der Waals surface area contributed by atoms with Crippen LogP contribution in [0.25, 0.3) is 0 Å². The molecule has 0 amide bonds. The first-order valence-electron chi connectivity index (χ1n) is 6.02. The summed E-state index contributed by atoms with van der Waals surface area (Å²) in [6.45, 7) is 3.84. The number of benzene rings is 2. The quantitative estimate of drug-likeness (QED) is 0.753. The highest BCUT2D eigenvalue weighted by Gasteiger charge is 2.14. The van der Waals surface area contributed by atoms with Gasteiger partial charge >= 0.3 is 0 Å². The van der Waals surface area contributed by atoms with E-state index >= 15 is 0 Å². The Balaban J connectivity index is 2.34. The molecule has 0 aliphatic heterocycles.